The van der Waals surface area contributed by atoms with Gasteiger partial charge in [0.15, 0.2) is 0 Å². The minimum atomic E-state index is 0.552. The fourth-order valence-electron chi connectivity index (χ4n) is 1.47. The van der Waals surface area contributed by atoms with Crippen LogP contribution in [0.1, 0.15) is 5.56 Å². The van der Waals surface area contributed by atoms with Crippen LogP contribution in [-0.4, -0.2) is 12.0 Å². The molecular weight excluding hydrogens is 286 g/mol. The average Bonchev–Trinajstić information content (AvgIpc) is 2.64. The van der Waals surface area contributed by atoms with Crippen LogP contribution in [0.5, 0.6) is 0 Å². The van der Waals surface area contributed by atoms with E-state index in [4.69, 9.17) is 5.73 Å². The van der Waals surface area contributed by atoms with Gasteiger partial charge in [0.05, 0.1) is 3.79 Å². The molecule has 2 aromatic heterocycles. The lowest BCUT2D eigenvalue weighted by molar-refractivity contribution is 0.925. The molecule has 2 heterocycles. The highest BCUT2D eigenvalue weighted by Crippen LogP contribution is 2.23. The van der Waals surface area contributed by atoms with E-state index < -0.39 is 0 Å². The lowest BCUT2D eigenvalue weighted by Crippen LogP contribution is -2.16. The van der Waals surface area contributed by atoms with Crippen LogP contribution >= 0.6 is 27.3 Å². The lowest BCUT2D eigenvalue weighted by atomic mass is 10.3. The van der Waals surface area contributed by atoms with Crippen molar-refractivity contribution < 1.29 is 0 Å². The zero-order valence-corrected chi connectivity index (χ0v) is 11.3. The highest BCUT2D eigenvalue weighted by molar-refractivity contribution is 9.11. The summed E-state index contributed by atoms with van der Waals surface area (Å²) < 4.78 is 1.16. The molecule has 16 heavy (non-hydrogen) atoms. The van der Waals surface area contributed by atoms with Gasteiger partial charge in [0.2, 0.25) is 0 Å². The molecule has 84 valence electrons. The van der Waals surface area contributed by atoms with Gasteiger partial charge >= 0.3 is 0 Å². The van der Waals surface area contributed by atoms with Gasteiger partial charge < -0.3 is 10.6 Å². The quantitative estimate of drug-likeness (QED) is 0.946. The molecule has 2 rings (SSSR count). The van der Waals surface area contributed by atoms with Gasteiger partial charge in [0.1, 0.15) is 5.82 Å². The molecule has 0 bridgehead atoms. The first-order valence-corrected chi connectivity index (χ1v) is 6.48. The van der Waals surface area contributed by atoms with Gasteiger partial charge in [-0.1, -0.05) is 0 Å². The minimum Gasteiger partial charge on any atom is -0.384 e. The Morgan fingerprint density at radius 1 is 1.50 bits per heavy atom. The summed E-state index contributed by atoms with van der Waals surface area (Å²) in [6.45, 7) is 0.867. The van der Waals surface area contributed by atoms with Crippen molar-refractivity contribution in [3.63, 3.8) is 0 Å². The van der Waals surface area contributed by atoms with E-state index in [9.17, 15) is 0 Å². The van der Waals surface area contributed by atoms with Crippen molar-refractivity contribution >= 4 is 38.8 Å². The Morgan fingerprint density at radius 2 is 2.31 bits per heavy atom. The van der Waals surface area contributed by atoms with Crippen LogP contribution in [0, 0.1) is 0 Å². The molecule has 0 fully saturated rings. The number of aromatic nitrogens is 1. The van der Waals surface area contributed by atoms with E-state index in [-0.39, 0.29) is 0 Å². The molecular formula is C11H12BrN3S. The third kappa shape index (κ3) is 2.74. The van der Waals surface area contributed by atoms with E-state index in [0.717, 1.165) is 16.0 Å². The first-order chi connectivity index (χ1) is 7.65. The van der Waals surface area contributed by atoms with Crippen LogP contribution in [0.2, 0.25) is 0 Å². The standard InChI is InChI=1S/C11H12BrN3S/c1-15(6-8-4-10(12)16-7-8)9-2-3-14-11(13)5-9/h2-5,7H,6H2,1H3,(H2,13,14). The van der Waals surface area contributed by atoms with Crippen molar-refractivity contribution in [1.29, 1.82) is 0 Å². The Kier molecular flexibility index (Phi) is 3.46. The number of rotatable bonds is 3. The van der Waals surface area contributed by atoms with E-state index in [0.29, 0.717) is 5.82 Å². The molecule has 3 nitrogen and oxygen atoms in total. The highest BCUT2D eigenvalue weighted by atomic mass is 79.9. The van der Waals surface area contributed by atoms with Gasteiger partial charge in [-0.05, 0) is 39.0 Å². The molecule has 2 N–H and O–H groups in total. The fraction of sp³-hybridized carbons (Fsp3) is 0.182. The Morgan fingerprint density at radius 3 is 2.94 bits per heavy atom. The number of anilines is 2. The zero-order chi connectivity index (χ0) is 11.5. The van der Waals surface area contributed by atoms with E-state index in [1.807, 2.05) is 19.2 Å². The normalized spacial score (nSPS) is 10.4. The average molecular weight is 298 g/mol. The molecule has 2 aromatic rings. The van der Waals surface area contributed by atoms with E-state index in [1.165, 1.54) is 5.56 Å². The Hall–Kier alpha value is -1.07. The van der Waals surface area contributed by atoms with E-state index in [2.05, 4.69) is 37.3 Å². The summed E-state index contributed by atoms with van der Waals surface area (Å²) in [5.74, 6) is 0.552. The third-order valence-electron chi connectivity index (χ3n) is 2.25. The molecule has 0 saturated heterocycles. The second-order valence-corrected chi connectivity index (χ2v) is 5.84. The molecule has 0 aliphatic heterocycles. The predicted octanol–water partition coefficient (Wildman–Crippen LogP) is 3.12. The van der Waals surface area contributed by atoms with Crippen molar-refractivity contribution in [1.82, 2.24) is 4.98 Å². The Labute approximate surface area is 107 Å². The minimum absolute atomic E-state index is 0.552. The van der Waals surface area contributed by atoms with Gasteiger partial charge in [-0.15, -0.1) is 11.3 Å². The largest absolute Gasteiger partial charge is 0.384 e. The second-order valence-electron chi connectivity index (χ2n) is 3.55. The number of hydrogen-bond donors (Lipinski definition) is 1. The van der Waals surface area contributed by atoms with Crippen LogP contribution in [-0.2, 0) is 6.54 Å². The molecule has 0 unspecified atom stereocenters. The molecule has 0 aliphatic rings. The van der Waals surface area contributed by atoms with E-state index in [1.54, 1.807) is 17.5 Å². The summed E-state index contributed by atoms with van der Waals surface area (Å²) in [5.41, 5.74) is 8.02. The van der Waals surface area contributed by atoms with Gasteiger partial charge in [-0.25, -0.2) is 4.98 Å². The number of halogens is 1. The fourth-order valence-corrected chi connectivity index (χ4v) is 2.67. The molecule has 0 aliphatic carbocycles. The van der Waals surface area contributed by atoms with Crippen molar-refractivity contribution in [2.24, 2.45) is 0 Å². The summed E-state index contributed by atoms with van der Waals surface area (Å²) in [5, 5.41) is 2.14. The monoisotopic (exact) mass is 297 g/mol. The second kappa shape index (κ2) is 4.84. The summed E-state index contributed by atoms with van der Waals surface area (Å²) >= 11 is 5.16. The number of hydrogen-bond acceptors (Lipinski definition) is 4. The summed E-state index contributed by atoms with van der Waals surface area (Å²) in [6.07, 6.45) is 1.73. The highest BCUT2D eigenvalue weighted by Gasteiger charge is 2.04. The lowest BCUT2D eigenvalue weighted by Gasteiger charge is -2.18. The maximum Gasteiger partial charge on any atom is 0.125 e. The van der Waals surface area contributed by atoms with Gasteiger partial charge in [0, 0.05) is 31.5 Å². The molecule has 0 spiro atoms. The van der Waals surface area contributed by atoms with E-state index >= 15 is 0 Å². The molecule has 0 aromatic carbocycles. The van der Waals surface area contributed by atoms with Crippen molar-refractivity contribution in [2.45, 2.75) is 6.54 Å². The van der Waals surface area contributed by atoms with Crippen LogP contribution in [0.25, 0.3) is 0 Å². The Balaban J connectivity index is 2.11. The maximum absolute atomic E-state index is 5.65. The van der Waals surface area contributed by atoms with Crippen LogP contribution < -0.4 is 10.6 Å². The topological polar surface area (TPSA) is 42.2 Å². The van der Waals surface area contributed by atoms with Crippen molar-refractivity contribution in [2.75, 3.05) is 17.7 Å². The SMILES string of the molecule is CN(Cc1csc(Br)c1)c1ccnc(N)c1. The molecule has 0 radical (unpaired) electrons. The number of nitrogens with two attached hydrogens (primary N) is 1. The van der Waals surface area contributed by atoms with Gasteiger partial charge in [0.25, 0.3) is 0 Å². The number of thiophene rings is 1. The van der Waals surface area contributed by atoms with Gasteiger partial charge in [-0.3, -0.25) is 0 Å². The first kappa shape index (κ1) is 11.4. The number of nitrogens with zero attached hydrogens (tertiary/aromatic N) is 2. The number of nitrogen functional groups attached to an aromatic ring is 1. The van der Waals surface area contributed by atoms with Crippen molar-refractivity contribution in [3.8, 4) is 0 Å². The van der Waals surface area contributed by atoms with Gasteiger partial charge in [-0.2, -0.15) is 0 Å². The number of pyridine rings is 1. The molecule has 0 saturated carbocycles. The maximum atomic E-state index is 5.65. The summed E-state index contributed by atoms with van der Waals surface area (Å²) in [7, 11) is 2.04. The summed E-state index contributed by atoms with van der Waals surface area (Å²) in [4.78, 5) is 6.12. The smallest absolute Gasteiger partial charge is 0.125 e. The van der Waals surface area contributed by atoms with Crippen LogP contribution in [0.4, 0.5) is 11.5 Å². The van der Waals surface area contributed by atoms with Crippen molar-refractivity contribution in [3.05, 3.63) is 39.1 Å². The van der Waals surface area contributed by atoms with Crippen LogP contribution in [0.15, 0.2) is 33.6 Å². The third-order valence-corrected chi connectivity index (χ3v) is 3.80. The first-order valence-electron chi connectivity index (χ1n) is 4.81. The van der Waals surface area contributed by atoms with Crippen LogP contribution in [0.3, 0.4) is 0 Å². The molecule has 0 amide bonds. The zero-order valence-electron chi connectivity index (χ0n) is 8.85. The predicted molar refractivity (Wildman–Crippen MR) is 72.8 cm³/mol. The summed E-state index contributed by atoms with van der Waals surface area (Å²) in [6, 6.07) is 5.96. The Bertz CT molecular complexity index is 484. The molecule has 0 atom stereocenters. The molecule has 5 heteroatoms.